The molecule has 11 heteroatoms. The van der Waals surface area contributed by atoms with Gasteiger partial charge in [-0.15, -0.1) is 0 Å². The number of hydrogen-bond donors (Lipinski definition) is 2. The molecule has 2 N–H and O–H groups in total. The second-order valence-electron chi connectivity index (χ2n) is 9.60. The molecule has 41 heavy (non-hydrogen) atoms. The number of methoxy groups -OCH3 is 1. The molecule has 0 radical (unpaired) electrons. The number of anilines is 1. The smallest absolute Gasteiger partial charge is 0.416 e. The van der Waals surface area contributed by atoms with E-state index in [0.717, 1.165) is 35.4 Å². The topological polar surface area (TPSA) is 84.5 Å². The molecule has 0 heterocycles. The van der Waals surface area contributed by atoms with E-state index in [1.165, 1.54) is 37.4 Å². The van der Waals surface area contributed by atoms with Crippen molar-refractivity contribution in [3.05, 3.63) is 113 Å². The van der Waals surface area contributed by atoms with Crippen LogP contribution in [0.25, 0.3) is 11.1 Å². The summed E-state index contributed by atoms with van der Waals surface area (Å²) in [6.45, 7) is 0. The van der Waals surface area contributed by atoms with Gasteiger partial charge in [0, 0.05) is 17.3 Å². The third-order valence-corrected chi connectivity index (χ3v) is 8.37. The van der Waals surface area contributed by atoms with Crippen molar-refractivity contribution in [2.75, 3.05) is 12.4 Å². The van der Waals surface area contributed by atoms with Gasteiger partial charge in [0.2, 0.25) is 10.0 Å². The van der Waals surface area contributed by atoms with Gasteiger partial charge in [-0.1, -0.05) is 18.2 Å². The summed E-state index contributed by atoms with van der Waals surface area (Å²) in [7, 11) is -2.40. The summed E-state index contributed by atoms with van der Waals surface area (Å²) in [6.07, 6.45) is -3.65. The van der Waals surface area contributed by atoms with Gasteiger partial charge < -0.3 is 10.1 Å². The average Bonchev–Trinajstić information content (AvgIpc) is 3.33. The van der Waals surface area contributed by atoms with Gasteiger partial charge in [-0.05, 0) is 102 Å². The van der Waals surface area contributed by atoms with Crippen LogP contribution in [0.3, 0.4) is 0 Å². The number of nitrogens with one attached hydrogen (secondary N) is 2. The van der Waals surface area contributed by atoms with E-state index in [0.29, 0.717) is 35.4 Å². The molecule has 0 aromatic heterocycles. The molecule has 0 spiro atoms. The molecule has 212 valence electrons. The zero-order valence-corrected chi connectivity index (χ0v) is 22.4. The van der Waals surface area contributed by atoms with Crippen LogP contribution in [0, 0.1) is 5.82 Å². The number of benzene rings is 4. The van der Waals surface area contributed by atoms with Crippen molar-refractivity contribution in [3.8, 4) is 16.9 Å². The molecule has 6 nitrogen and oxygen atoms in total. The van der Waals surface area contributed by atoms with Crippen LogP contribution in [-0.2, 0) is 29.0 Å². The summed E-state index contributed by atoms with van der Waals surface area (Å²) < 4.78 is 85.7. The standard InChI is InChI=1S/C30H24F4N2O4S/c1-40-25-10-13-27(28(17-25)18-2-5-21(6-3-18)30(32,33)34)29(37)35-23-9-4-19-14-24(16-20(19)15-23)36-41(38,39)26-11-7-22(31)8-12-26/h2-13,15,17,24,36H,14,16H2,1H3,(H,35,37). The Balaban J connectivity index is 1.33. The van der Waals surface area contributed by atoms with E-state index in [-0.39, 0.29) is 10.5 Å². The van der Waals surface area contributed by atoms with Gasteiger partial charge in [-0.2, -0.15) is 13.2 Å². The number of fused-ring (bicyclic) bond motifs is 1. The fourth-order valence-corrected chi connectivity index (χ4v) is 6.04. The third kappa shape index (κ3) is 6.26. The molecule has 0 saturated heterocycles. The van der Waals surface area contributed by atoms with Crippen molar-refractivity contribution in [1.29, 1.82) is 0 Å². The second kappa shape index (κ2) is 11.0. The normalized spacial score (nSPS) is 14.9. The molecule has 0 bridgehead atoms. The van der Waals surface area contributed by atoms with Crippen molar-refractivity contribution < 1.29 is 35.5 Å². The van der Waals surface area contributed by atoms with Gasteiger partial charge in [0.25, 0.3) is 5.91 Å². The number of carbonyl (C=O) groups excluding carboxylic acids is 1. The number of halogens is 4. The van der Waals surface area contributed by atoms with Crippen LogP contribution in [0.1, 0.15) is 27.0 Å². The minimum Gasteiger partial charge on any atom is -0.497 e. The Kier molecular flexibility index (Phi) is 7.58. The maximum atomic E-state index is 13.3. The van der Waals surface area contributed by atoms with E-state index >= 15 is 0 Å². The summed E-state index contributed by atoms with van der Waals surface area (Å²) in [4.78, 5) is 13.3. The Morgan fingerprint density at radius 3 is 2.22 bits per heavy atom. The molecule has 1 atom stereocenters. The summed E-state index contributed by atoms with van der Waals surface area (Å²) >= 11 is 0. The van der Waals surface area contributed by atoms with Gasteiger partial charge in [0.1, 0.15) is 11.6 Å². The van der Waals surface area contributed by atoms with Crippen LogP contribution in [0.2, 0.25) is 0 Å². The lowest BCUT2D eigenvalue weighted by Gasteiger charge is -2.14. The van der Waals surface area contributed by atoms with Crippen molar-refractivity contribution in [1.82, 2.24) is 4.72 Å². The first kappa shape index (κ1) is 28.3. The molecule has 5 rings (SSSR count). The van der Waals surface area contributed by atoms with Crippen LogP contribution in [-0.4, -0.2) is 27.5 Å². The quantitative estimate of drug-likeness (QED) is 0.253. The lowest BCUT2D eigenvalue weighted by molar-refractivity contribution is -0.137. The van der Waals surface area contributed by atoms with Crippen LogP contribution in [0.5, 0.6) is 5.75 Å². The SMILES string of the molecule is COc1ccc(C(=O)Nc2ccc3c(c2)CC(NS(=O)(=O)c2ccc(F)cc2)C3)c(-c2ccc(C(F)(F)F)cc2)c1. The van der Waals surface area contributed by atoms with Gasteiger partial charge in [0.15, 0.2) is 0 Å². The predicted molar refractivity (Wildman–Crippen MR) is 146 cm³/mol. The first-order chi connectivity index (χ1) is 19.4. The van der Waals surface area contributed by atoms with Crippen LogP contribution in [0.4, 0.5) is 23.2 Å². The van der Waals surface area contributed by atoms with E-state index < -0.39 is 39.5 Å². The highest BCUT2D eigenvalue weighted by Crippen LogP contribution is 2.34. The average molecular weight is 585 g/mol. The minimum atomic E-state index is -4.49. The van der Waals surface area contributed by atoms with Crippen LogP contribution in [0.15, 0.2) is 89.8 Å². The number of rotatable bonds is 7. The highest BCUT2D eigenvalue weighted by molar-refractivity contribution is 7.89. The van der Waals surface area contributed by atoms with Crippen molar-refractivity contribution in [3.63, 3.8) is 0 Å². The second-order valence-corrected chi connectivity index (χ2v) is 11.3. The number of amides is 1. The molecule has 1 aliphatic carbocycles. The molecule has 1 aliphatic rings. The highest BCUT2D eigenvalue weighted by atomic mass is 32.2. The first-order valence-corrected chi connectivity index (χ1v) is 14.0. The Bertz CT molecular complexity index is 1700. The van der Waals surface area contributed by atoms with E-state index in [9.17, 15) is 30.8 Å². The number of carbonyl (C=O) groups is 1. The van der Waals surface area contributed by atoms with Crippen molar-refractivity contribution >= 4 is 21.6 Å². The Hall–Kier alpha value is -4.22. The molecular formula is C30H24F4N2O4S. The van der Waals surface area contributed by atoms with Crippen LogP contribution >= 0.6 is 0 Å². The van der Waals surface area contributed by atoms with Crippen molar-refractivity contribution in [2.24, 2.45) is 0 Å². The zero-order valence-electron chi connectivity index (χ0n) is 21.6. The minimum absolute atomic E-state index is 0.0360. The lowest BCUT2D eigenvalue weighted by atomic mass is 9.97. The fraction of sp³-hybridized carbons (Fsp3) is 0.167. The van der Waals surface area contributed by atoms with Crippen molar-refractivity contribution in [2.45, 2.75) is 30.0 Å². The maximum Gasteiger partial charge on any atom is 0.416 e. The number of alkyl halides is 3. The molecule has 0 aliphatic heterocycles. The van der Waals surface area contributed by atoms with Gasteiger partial charge in [-0.25, -0.2) is 17.5 Å². The molecule has 1 unspecified atom stereocenters. The fourth-order valence-electron chi connectivity index (χ4n) is 4.80. The zero-order chi connectivity index (χ0) is 29.4. The first-order valence-electron chi connectivity index (χ1n) is 12.5. The van der Waals surface area contributed by atoms with E-state index in [2.05, 4.69) is 10.0 Å². The van der Waals surface area contributed by atoms with E-state index in [4.69, 9.17) is 4.74 Å². The molecule has 1 amide bonds. The highest BCUT2D eigenvalue weighted by Gasteiger charge is 2.30. The molecular weight excluding hydrogens is 560 g/mol. The Labute approximate surface area is 234 Å². The number of sulfonamides is 1. The number of hydrogen-bond acceptors (Lipinski definition) is 4. The summed E-state index contributed by atoms with van der Waals surface area (Å²) in [5.74, 6) is -0.579. The molecule has 4 aromatic carbocycles. The monoisotopic (exact) mass is 584 g/mol. The Morgan fingerprint density at radius 2 is 1.56 bits per heavy atom. The molecule has 0 fully saturated rings. The van der Waals surface area contributed by atoms with Gasteiger partial charge >= 0.3 is 6.18 Å². The van der Waals surface area contributed by atoms with E-state index in [1.54, 1.807) is 24.3 Å². The van der Waals surface area contributed by atoms with E-state index in [1.807, 2.05) is 6.07 Å². The van der Waals surface area contributed by atoms with Gasteiger partial charge in [-0.3, -0.25) is 4.79 Å². The predicted octanol–water partition coefficient (Wildman–Crippen LogP) is 6.22. The largest absolute Gasteiger partial charge is 0.497 e. The Morgan fingerprint density at radius 1 is 0.878 bits per heavy atom. The van der Waals surface area contributed by atoms with Crippen LogP contribution < -0.4 is 14.8 Å². The lowest BCUT2D eigenvalue weighted by Crippen LogP contribution is -2.35. The molecule has 0 saturated carbocycles. The third-order valence-electron chi connectivity index (χ3n) is 6.84. The molecule has 4 aromatic rings. The summed E-state index contributed by atoms with van der Waals surface area (Å²) in [5.41, 5.74) is 2.49. The summed E-state index contributed by atoms with van der Waals surface area (Å²) in [6, 6.07) is 18.6. The summed E-state index contributed by atoms with van der Waals surface area (Å²) in [5, 5.41) is 2.83. The van der Waals surface area contributed by atoms with Gasteiger partial charge in [0.05, 0.1) is 17.6 Å². The number of ether oxygens (including phenoxy) is 1. The maximum absolute atomic E-state index is 13.3.